The Morgan fingerprint density at radius 2 is 2.14 bits per heavy atom. The summed E-state index contributed by atoms with van der Waals surface area (Å²) in [6.45, 7) is 4.51. The summed E-state index contributed by atoms with van der Waals surface area (Å²) < 4.78 is 10.3. The third-order valence-corrected chi connectivity index (χ3v) is 5.68. The van der Waals surface area contributed by atoms with Crippen LogP contribution in [-0.2, 0) is 19.1 Å². The second kappa shape index (κ2) is 10.9. The molecule has 0 aromatic heterocycles. The van der Waals surface area contributed by atoms with E-state index in [2.05, 4.69) is 5.32 Å². The number of ether oxygens (including phenoxy) is 2. The standard InChI is InChI=1S/C20H28N2O5S/c1-4-27-16-9-7-8-15(12-16)19-22(18(24)13-28-19)11-6-5-10-17(20(25)26-3)21-14(2)23/h7-9,12,17,19H,4-6,10-11,13H2,1-3H3,(H,21,23). The number of rotatable bonds is 10. The first-order chi connectivity index (χ1) is 13.5. The number of methoxy groups -OCH3 is 1. The smallest absolute Gasteiger partial charge is 0.328 e. The van der Waals surface area contributed by atoms with Crippen molar-refractivity contribution in [2.75, 3.05) is 26.0 Å². The second-order valence-electron chi connectivity index (χ2n) is 6.53. The fraction of sp³-hybridized carbons (Fsp3) is 0.550. The molecule has 2 unspecified atom stereocenters. The summed E-state index contributed by atoms with van der Waals surface area (Å²) in [7, 11) is 1.30. The van der Waals surface area contributed by atoms with E-state index in [4.69, 9.17) is 9.47 Å². The average molecular weight is 409 g/mol. The molecule has 2 amide bonds. The molecule has 1 saturated heterocycles. The predicted molar refractivity (Wildman–Crippen MR) is 108 cm³/mol. The number of carbonyl (C=O) groups excluding carboxylic acids is 3. The number of amides is 2. The highest BCUT2D eigenvalue weighted by Gasteiger charge is 2.32. The van der Waals surface area contributed by atoms with Gasteiger partial charge in [0.2, 0.25) is 11.8 Å². The molecule has 2 atom stereocenters. The van der Waals surface area contributed by atoms with Crippen molar-refractivity contribution in [3.63, 3.8) is 0 Å². The first-order valence-corrected chi connectivity index (χ1v) is 10.5. The lowest BCUT2D eigenvalue weighted by Gasteiger charge is -2.25. The van der Waals surface area contributed by atoms with Crippen LogP contribution in [0.25, 0.3) is 0 Å². The molecule has 0 bridgehead atoms. The van der Waals surface area contributed by atoms with Gasteiger partial charge in [0, 0.05) is 13.5 Å². The van der Waals surface area contributed by atoms with Crippen molar-refractivity contribution in [2.24, 2.45) is 0 Å². The third kappa shape index (κ3) is 6.15. The minimum absolute atomic E-state index is 0.0281. The number of carbonyl (C=O) groups is 3. The van der Waals surface area contributed by atoms with Gasteiger partial charge in [-0.05, 0) is 43.9 Å². The van der Waals surface area contributed by atoms with Crippen molar-refractivity contribution in [3.05, 3.63) is 29.8 Å². The summed E-state index contributed by atoms with van der Waals surface area (Å²) in [4.78, 5) is 37.2. The molecular weight excluding hydrogens is 380 g/mol. The van der Waals surface area contributed by atoms with Crippen LogP contribution < -0.4 is 10.1 Å². The number of nitrogens with one attached hydrogen (secondary N) is 1. The van der Waals surface area contributed by atoms with Gasteiger partial charge in [0.15, 0.2) is 0 Å². The number of nitrogens with zero attached hydrogens (tertiary/aromatic N) is 1. The molecule has 0 aliphatic carbocycles. The van der Waals surface area contributed by atoms with Gasteiger partial charge < -0.3 is 19.7 Å². The van der Waals surface area contributed by atoms with E-state index in [9.17, 15) is 14.4 Å². The Hall–Kier alpha value is -2.22. The van der Waals surface area contributed by atoms with Crippen LogP contribution in [0.4, 0.5) is 0 Å². The summed E-state index contributed by atoms with van der Waals surface area (Å²) in [6.07, 6.45) is 1.91. The van der Waals surface area contributed by atoms with Crippen molar-refractivity contribution >= 4 is 29.5 Å². The fourth-order valence-corrected chi connectivity index (χ4v) is 4.37. The monoisotopic (exact) mass is 408 g/mol. The minimum Gasteiger partial charge on any atom is -0.494 e. The highest BCUT2D eigenvalue weighted by molar-refractivity contribution is 8.00. The topological polar surface area (TPSA) is 84.9 Å². The van der Waals surface area contributed by atoms with Crippen LogP contribution in [0.3, 0.4) is 0 Å². The van der Waals surface area contributed by atoms with E-state index in [0.29, 0.717) is 31.7 Å². The van der Waals surface area contributed by atoms with E-state index in [1.807, 2.05) is 36.1 Å². The minimum atomic E-state index is -0.648. The molecule has 1 aromatic carbocycles. The van der Waals surface area contributed by atoms with Crippen LogP contribution in [-0.4, -0.2) is 54.7 Å². The predicted octanol–water partition coefficient (Wildman–Crippen LogP) is 2.51. The molecule has 1 aliphatic rings. The van der Waals surface area contributed by atoms with Crippen LogP contribution in [0, 0.1) is 0 Å². The van der Waals surface area contributed by atoms with Crippen LogP contribution in [0.15, 0.2) is 24.3 Å². The van der Waals surface area contributed by atoms with Gasteiger partial charge in [0.05, 0.1) is 19.5 Å². The van der Waals surface area contributed by atoms with Gasteiger partial charge in [-0.2, -0.15) is 0 Å². The number of unbranched alkanes of at least 4 members (excludes halogenated alkanes) is 1. The summed E-state index contributed by atoms with van der Waals surface area (Å²) in [5.41, 5.74) is 1.05. The molecule has 0 saturated carbocycles. The normalized spacial score (nSPS) is 17.3. The van der Waals surface area contributed by atoms with Crippen molar-refractivity contribution in [2.45, 2.75) is 44.5 Å². The van der Waals surface area contributed by atoms with Crippen LogP contribution >= 0.6 is 11.8 Å². The summed E-state index contributed by atoms with van der Waals surface area (Å²) in [6, 6.07) is 7.20. The highest BCUT2D eigenvalue weighted by Crippen LogP contribution is 2.39. The van der Waals surface area contributed by atoms with E-state index in [1.54, 1.807) is 11.8 Å². The molecular formula is C20H28N2O5S. The Labute approximate surface area is 170 Å². The van der Waals surface area contributed by atoms with Gasteiger partial charge in [-0.3, -0.25) is 9.59 Å². The molecule has 1 heterocycles. The number of benzene rings is 1. The number of hydrogen-bond donors (Lipinski definition) is 1. The lowest BCUT2D eigenvalue weighted by atomic mass is 10.1. The van der Waals surface area contributed by atoms with E-state index >= 15 is 0 Å². The van der Waals surface area contributed by atoms with Crippen molar-refractivity contribution in [3.8, 4) is 5.75 Å². The molecule has 1 N–H and O–H groups in total. The van der Waals surface area contributed by atoms with Crippen LogP contribution in [0.5, 0.6) is 5.75 Å². The van der Waals surface area contributed by atoms with Crippen molar-refractivity contribution in [1.29, 1.82) is 0 Å². The van der Waals surface area contributed by atoms with Gasteiger partial charge in [-0.25, -0.2) is 4.79 Å². The molecule has 154 valence electrons. The molecule has 1 fully saturated rings. The molecule has 2 rings (SSSR count). The zero-order valence-corrected chi connectivity index (χ0v) is 17.4. The van der Waals surface area contributed by atoms with E-state index in [-0.39, 0.29) is 17.2 Å². The highest BCUT2D eigenvalue weighted by atomic mass is 32.2. The second-order valence-corrected chi connectivity index (χ2v) is 7.60. The zero-order chi connectivity index (χ0) is 20.5. The van der Waals surface area contributed by atoms with Crippen molar-refractivity contribution < 1.29 is 23.9 Å². The molecule has 0 radical (unpaired) electrons. The fourth-order valence-electron chi connectivity index (χ4n) is 3.16. The summed E-state index contributed by atoms with van der Waals surface area (Å²) >= 11 is 1.61. The van der Waals surface area contributed by atoms with Crippen molar-refractivity contribution in [1.82, 2.24) is 10.2 Å². The first-order valence-electron chi connectivity index (χ1n) is 9.45. The quantitative estimate of drug-likeness (QED) is 0.473. The summed E-state index contributed by atoms with van der Waals surface area (Å²) in [5, 5.41) is 2.58. The maximum Gasteiger partial charge on any atom is 0.328 e. The van der Waals surface area contributed by atoms with E-state index in [0.717, 1.165) is 17.7 Å². The SMILES string of the molecule is CCOc1cccc(C2SCC(=O)N2CCCCC(NC(C)=O)C(=O)OC)c1. The van der Waals surface area contributed by atoms with E-state index in [1.165, 1.54) is 14.0 Å². The zero-order valence-electron chi connectivity index (χ0n) is 16.6. The molecule has 8 heteroatoms. The van der Waals surface area contributed by atoms with Gasteiger partial charge in [0.25, 0.3) is 0 Å². The van der Waals surface area contributed by atoms with E-state index < -0.39 is 12.0 Å². The Balaban J connectivity index is 1.92. The van der Waals surface area contributed by atoms with Gasteiger partial charge in [-0.1, -0.05) is 12.1 Å². The number of esters is 1. The Morgan fingerprint density at radius 3 is 2.82 bits per heavy atom. The summed E-state index contributed by atoms with van der Waals surface area (Å²) in [5.74, 6) is 0.656. The van der Waals surface area contributed by atoms with Gasteiger partial charge in [0.1, 0.15) is 17.2 Å². The third-order valence-electron chi connectivity index (χ3n) is 4.43. The molecule has 7 nitrogen and oxygen atoms in total. The lowest BCUT2D eigenvalue weighted by molar-refractivity contribution is -0.145. The molecule has 1 aliphatic heterocycles. The average Bonchev–Trinajstić information content (AvgIpc) is 3.04. The first kappa shape index (κ1) is 22.1. The van der Waals surface area contributed by atoms with Gasteiger partial charge in [-0.15, -0.1) is 11.8 Å². The molecule has 0 spiro atoms. The Bertz CT molecular complexity index is 697. The molecule has 1 aromatic rings. The largest absolute Gasteiger partial charge is 0.494 e. The van der Waals surface area contributed by atoms with Crippen LogP contribution in [0.1, 0.15) is 44.0 Å². The lowest BCUT2D eigenvalue weighted by Crippen LogP contribution is -2.40. The maximum atomic E-state index is 12.3. The Kier molecular flexibility index (Phi) is 8.63. The number of thioether (sulfide) groups is 1. The van der Waals surface area contributed by atoms with Gasteiger partial charge >= 0.3 is 5.97 Å². The Morgan fingerprint density at radius 1 is 1.36 bits per heavy atom. The van der Waals surface area contributed by atoms with Crippen LogP contribution in [0.2, 0.25) is 0 Å². The number of hydrogen-bond acceptors (Lipinski definition) is 6. The molecule has 28 heavy (non-hydrogen) atoms. The maximum absolute atomic E-state index is 12.3.